The minimum atomic E-state index is -4.37. The van der Waals surface area contributed by atoms with Crippen molar-refractivity contribution in [2.75, 3.05) is 44.8 Å². The number of ether oxygens (including phenoxy) is 2. The summed E-state index contributed by atoms with van der Waals surface area (Å²) in [4.78, 5) is 24.6. The number of halogens is 6. The number of anilines is 1. The molecule has 0 aliphatic carbocycles. The van der Waals surface area contributed by atoms with E-state index in [-0.39, 0.29) is 5.69 Å². The van der Waals surface area contributed by atoms with Crippen LogP contribution in [0.3, 0.4) is 0 Å². The Labute approximate surface area is 239 Å². The third kappa shape index (κ3) is 13.5. The molecule has 0 saturated carbocycles. The van der Waals surface area contributed by atoms with E-state index in [2.05, 4.69) is 15.6 Å². The molecule has 0 aromatic heterocycles. The predicted octanol–water partition coefficient (Wildman–Crippen LogP) is 6.30. The number of hydrogen-bond acceptors (Lipinski definition) is 6. The number of isocyanates is 1. The van der Waals surface area contributed by atoms with Crippen molar-refractivity contribution in [1.82, 2.24) is 5.32 Å². The summed E-state index contributed by atoms with van der Waals surface area (Å²) in [5, 5.41) is 5.23. The molecule has 2 fully saturated rings. The molecule has 2 heterocycles. The highest BCUT2D eigenvalue weighted by molar-refractivity contribution is 5.89. The maximum absolute atomic E-state index is 12.4. The fourth-order valence-corrected chi connectivity index (χ4v) is 3.87. The van der Waals surface area contributed by atoms with Crippen LogP contribution in [0, 0.1) is 11.8 Å². The van der Waals surface area contributed by atoms with E-state index in [4.69, 9.17) is 15.2 Å². The van der Waals surface area contributed by atoms with Crippen molar-refractivity contribution in [1.29, 1.82) is 0 Å². The van der Waals surface area contributed by atoms with Crippen LogP contribution >= 0.6 is 0 Å². The van der Waals surface area contributed by atoms with Gasteiger partial charge in [-0.2, -0.15) is 31.3 Å². The summed E-state index contributed by atoms with van der Waals surface area (Å²) in [6, 6.07) is 7.85. The molecule has 0 spiro atoms. The molecule has 0 unspecified atom stereocenters. The lowest BCUT2D eigenvalue weighted by Crippen LogP contribution is -2.35. The van der Waals surface area contributed by atoms with Gasteiger partial charge in [-0.3, -0.25) is 0 Å². The van der Waals surface area contributed by atoms with Gasteiger partial charge in [0.05, 0.1) is 16.8 Å². The third-order valence-electron chi connectivity index (χ3n) is 6.41. The van der Waals surface area contributed by atoms with Gasteiger partial charge in [-0.1, -0.05) is 0 Å². The van der Waals surface area contributed by atoms with E-state index in [0.717, 1.165) is 87.8 Å². The highest BCUT2D eigenvalue weighted by atomic mass is 19.4. The van der Waals surface area contributed by atoms with Gasteiger partial charge >= 0.3 is 18.4 Å². The smallest absolute Gasteiger partial charge is 0.381 e. The Kier molecular flexibility index (Phi) is 14.5. The molecule has 14 heteroatoms. The second kappa shape index (κ2) is 17.5. The minimum Gasteiger partial charge on any atom is -0.381 e. The Hall–Kier alpha value is -3.45. The van der Waals surface area contributed by atoms with Gasteiger partial charge in [0.15, 0.2) is 0 Å². The summed E-state index contributed by atoms with van der Waals surface area (Å²) in [5.74, 6) is 1.13. The molecule has 2 aliphatic rings. The molecule has 0 radical (unpaired) electrons. The maximum atomic E-state index is 12.4. The van der Waals surface area contributed by atoms with Crippen molar-refractivity contribution in [3.8, 4) is 0 Å². The largest absolute Gasteiger partial charge is 0.416 e. The monoisotopic (exact) mass is 604 g/mol. The number of benzene rings is 2. The van der Waals surface area contributed by atoms with Crippen molar-refractivity contribution in [2.24, 2.45) is 22.6 Å². The van der Waals surface area contributed by atoms with E-state index in [1.165, 1.54) is 18.2 Å². The molecule has 2 amide bonds. The molecule has 232 valence electrons. The first-order valence-corrected chi connectivity index (χ1v) is 13.2. The first-order chi connectivity index (χ1) is 19.9. The molecular weight excluding hydrogens is 570 g/mol. The van der Waals surface area contributed by atoms with Crippen LogP contribution in [0.2, 0.25) is 0 Å². The zero-order valence-corrected chi connectivity index (χ0v) is 22.8. The second-order valence-corrected chi connectivity index (χ2v) is 9.51. The van der Waals surface area contributed by atoms with Crippen molar-refractivity contribution < 1.29 is 45.4 Å². The Bertz CT molecular complexity index is 1110. The number of hydrogen-bond donors (Lipinski definition) is 3. The summed E-state index contributed by atoms with van der Waals surface area (Å²) in [6.45, 7) is 4.61. The zero-order valence-electron chi connectivity index (χ0n) is 22.8. The lowest BCUT2D eigenvalue weighted by Gasteiger charge is -2.22. The average Bonchev–Trinajstić information content (AvgIpc) is 2.98. The number of alkyl halides is 6. The standard InChI is InChI=1S/C14H17F3N2O2.C8H4F3NO.C6H13NO/c15-14(16,17)11-1-3-12(4-2-11)19-13(20)18-9-10-5-7-21-8-6-10;9-8(10,11)6-1-3-7(4-2-6)12-5-13;7-5-6-1-3-8-4-2-6/h1-4,10H,5-9H2,(H2,18,19,20);1-4H;6H,1-5,7H2. The van der Waals surface area contributed by atoms with E-state index >= 15 is 0 Å². The van der Waals surface area contributed by atoms with Crippen molar-refractivity contribution in [3.63, 3.8) is 0 Å². The Morgan fingerprint density at radius 3 is 1.67 bits per heavy atom. The van der Waals surface area contributed by atoms with Gasteiger partial charge in [0.25, 0.3) is 0 Å². The second-order valence-electron chi connectivity index (χ2n) is 9.51. The van der Waals surface area contributed by atoms with Crippen molar-refractivity contribution >= 4 is 23.5 Å². The molecule has 0 bridgehead atoms. The van der Waals surface area contributed by atoms with E-state index in [1.807, 2.05) is 0 Å². The molecular formula is C28H34F6N4O4. The first kappa shape index (κ1) is 34.7. The Morgan fingerprint density at radius 2 is 1.26 bits per heavy atom. The molecule has 2 aromatic rings. The lowest BCUT2D eigenvalue weighted by atomic mass is 10.0. The molecule has 2 aromatic carbocycles. The summed E-state index contributed by atoms with van der Waals surface area (Å²) in [7, 11) is 0. The highest BCUT2D eigenvalue weighted by Gasteiger charge is 2.30. The summed E-state index contributed by atoms with van der Waals surface area (Å²) < 4.78 is 83.6. The third-order valence-corrected chi connectivity index (χ3v) is 6.41. The number of aliphatic imine (C=N–C) groups is 1. The van der Waals surface area contributed by atoms with Crippen LogP contribution in [0.5, 0.6) is 0 Å². The Balaban J connectivity index is 0.000000248. The molecule has 2 saturated heterocycles. The summed E-state index contributed by atoms with van der Waals surface area (Å²) >= 11 is 0. The zero-order chi connectivity index (χ0) is 31.0. The SMILES string of the molecule is NCC1CCOCC1.O=C(NCC1CCOCC1)Nc1ccc(C(F)(F)F)cc1.O=C=Nc1ccc(C(F)(F)F)cc1. The van der Waals surface area contributed by atoms with Crippen LogP contribution < -0.4 is 16.4 Å². The van der Waals surface area contributed by atoms with Gasteiger partial charge < -0.3 is 25.8 Å². The van der Waals surface area contributed by atoms with Crippen LogP contribution in [0.15, 0.2) is 53.5 Å². The van der Waals surface area contributed by atoms with Crippen molar-refractivity contribution in [2.45, 2.75) is 38.0 Å². The normalized spacial score (nSPS) is 16.1. The number of nitrogens with zero attached hydrogens (tertiary/aromatic N) is 1. The van der Waals surface area contributed by atoms with Crippen LogP contribution in [0.4, 0.5) is 42.5 Å². The summed E-state index contributed by atoms with van der Waals surface area (Å²) in [6.07, 6.45) is -3.36. The van der Waals surface area contributed by atoms with Gasteiger partial charge in [-0.05, 0) is 92.6 Å². The molecule has 0 atom stereocenters. The van der Waals surface area contributed by atoms with Gasteiger partial charge in [-0.25, -0.2) is 9.59 Å². The van der Waals surface area contributed by atoms with Crippen LogP contribution in [-0.4, -0.2) is 51.6 Å². The molecule has 8 nitrogen and oxygen atoms in total. The summed E-state index contributed by atoms with van der Waals surface area (Å²) in [5.41, 5.74) is 4.42. The molecule has 2 aliphatic heterocycles. The number of nitrogens with one attached hydrogen (secondary N) is 2. The number of carbonyl (C=O) groups excluding carboxylic acids is 2. The maximum Gasteiger partial charge on any atom is 0.416 e. The molecule has 4 N–H and O–H groups in total. The first-order valence-electron chi connectivity index (χ1n) is 13.2. The number of amides is 2. The molecule has 4 rings (SSSR count). The molecule has 42 heavy (non-hydrogen) atoms. The quantitative estimate of drug-likeness (QED) is 0.211. The van der Waals surface area contributed by atoms with Gasteiger partial charge in [-0.15, -0.1) is 0 Å². The van der Waals surface area contributed by atoms with Crippen molar-refractivity contribution in [3.05, 3.63) is 59.7 Å². The number of rotatable bonds is 5. The van der Waals surface area contributed by atoms with E-state index in [1.54, 1.807) is 0 Å². The fourth-order valence-electron chi connectivity index (χ4n) is 3.87. The fraction of sp³-hybridized carbons (Fsp3) is 0.500. The number of carbonyl (C=O) groups is 1. The van der Waals surface area contributed by atoms with Crippen LogP contribution in [0.1, 0.15) is 36.8 Å². The van der Waals surface area contributed by atoms with Crippen LogP contribution in [0.25, 0.3) is 0 Å². The Morgan fingerprint density at radius 1 is 0.810 bits per heavy atom. The lowest BCUT2D eigenvalue weighted by molar-refractivity contribution is -0.138. The number of urea groups is 1. The average molecular weight is 605 g/mol. The van der Waals surface area contributed by atoms with Crippen LogP contribution in [-0.2, 0) is 26.6 Å². The van der Waals surface area contributed by atoms with E-state index < -0.39 is 29.5 Å². The minimum absolute atomic E-state index is 0.156. The van der Waals surface area contributed by atoms with Gasteiger partial charge in [0.2, 0.25) is 6.08 Å². The van der Waals surface area contributed by atoms with E-state index in [9.17, 15) is 35.9 Å². The predicted molar refractivity (Wildman–Crippen MR) is 144 cm³/mol. The van der Waals surface area contributed by atoms with Gasteiger partial charge in [0.1, 0.15) is 0 Å². The van der Waals surface area contributed by atoms with Gasteiger partial charge in [0, 0.05) is 38.7 Å². The number of nitrogens with two attached hydrogens (primary N) is 1. The topological polar surface area (TPSA) is 115 Å². The van der Waals surface area contributed by atoms with E-state index in [0.29, 0.717) is 31.4 Å². The highest BCUT2D eigenvalue weighted by Crippen LogP contribution is 2.31.